The molecule has 0 aromatic rings. The molecule has 0 spiro atoms. The van der Waals surface area contributed by atoms with Crippen LogP contribution in [0.1, 0.15) is 58.8 Å². The van der Waals surface area contributed by atoms with E-state index < -0.39 is 11.8 Å². The highest BCUT2D eigenvalue weighted by molar-refractivity contribution is 6.08. The molecule has 0 aromatic carbocycles. The van der Waals surface area contributed by atoms with Crippen LogP contribution in [0, 0.1) is 16.7 Å². The number of aliphatic imine (C=N–C) groups is 1. The van der Waals surface area contributed by atoms with Crippen LogP contribution >= 0.6 is 0 Å². The molecule has 8 nitrogen and oxygen atoms in total. The Morgan fingerprint density at radius 2 is 1.93 bits per heavy atom. The number of nitrogens with one attached hydrogen (secondary N) is 3. The van der Waals surface area contributed by atoms with Crippen molar-refractivity contribution in [3.8, 4) is 0 Å². The number of nitrogens with two attached hydrogens (primary N) is 1. The summed E-state index contributed by atoms with van der Waals surface area (Å²) in [7, 11) is 1.71. The molecule has 5 N–H and O–H groups in total. The molecular weight excluding hydrogens is 356 g/mol. The van der Waals surface area contributed by atoms with Gasteiger partial charge >= 0.3 is 0 Å². The summed E-state index contributed by atoms with van der Waals surface area (Å²) in [5, 5.41) is 20.2. The maximum absolute atomic E-state index is 12.5. The smallest absolute Gasteiger partial charge is 0.258 e. The first kappa shape index (κ1) is 22.5. The molecule has 158 valence electrons. The third-order valence-electron chi connectivity index (χ3n) is 5.68. The molecule has 3 unspecified atom stereocenters. The lowest BCUT2D eigenvalue weighted by Crippen LogP contribution is -2.58. The lowest BCUT2D eigenvalue weighted by Gasteiger charge is -2.42. The first-order valence-electron chi connectivity index (χ1n) is 10.3. The van der Waals surface area contributed by atoms with Crippen molar-refractivity contribution in [2.24, 2.45) is 16.6 Å². The fourth-order valence-electron chi connectivity index (χ4n) is 4.22. The van der Waals surface area contributed by atoms with E-state index in [4.69, 9.17) is 21.3 Å². The zero-order valence-electron chi connectivity index (χ0n) is 17.5. The zero-order valence-corrected chi connectivity index (χ0v) is 17.5. The summed E-state index contributed by atoms with van der Waals surface area (Å²) in [4.78, 5) is 18.2. The molecule has 8 heteroatoms. The second-order valence-corrected chi connectivity index (χ2v) is 8.13. The van der Waals surface area contributed by atoms with Crippen LogP contribution in [0.3, 0.4) is 0 Å². The first-order valence-corrected chi connectivity index (χ1v) is 10.3. The SMILES string of the molecule is COC1CN(C(=N)C(CC(C)=N)C(=O)N=C(C)N)CCC1NC1CCCCC1. The summed E-state index contributed by atoms with van der Waals surface area (Å²) in [6.07, 6.45) is 7.35. The third kappa shape index (κ3) is 6.38. The van der Waals surface area contributed by atoms with E-state index in [-0.39, 0.29) is 30.2 Å². The lowest BCUT2D eigenvalue weighted by molar-refractivity contribution is -0.119. The molecule has 1 saturated heterocycles. The molecule has 1 amide bonds. The van der Waals surface area contributed by atoms with Gasteiger partial charge in [-0.25, -0.2) is 4.99 Å². The van der Waals surface area contributed by atoms with Gasteiger partial charge in [0.25, 0.3) is 5.91 Å². The second-order valence-electron chi connectivity index (χ2n) is 8.13. The highest BCUT2D eigenvalue weighted by atomic mass is 16.5. The lowest BCUT2D eigenvalue weighted by atomic mass is 9.92. The van der Waals surface area contributed by atoms with Crippen LogP contribution < -0.4 is 11.1 Å². The molecule has 1 heterocycles. The van der Waals surface area contributed by atoms with Gasteiger partial charge in [0.2, 0.25) is 0 Å². The Balaban J connectivity index is 2.03. The van der Waals surface area contributed by atoms with Gasteiger partial charge in [0.05, 0.1) is 11.9 Å². The van der Waals surface area contributed by atoms with E-state index in [1.54, 1.807) is 21.0 Å². The molecule has 1 aliphatic heterocycles. The van der Waals surface area contributed by atoms with Crippen LogP contribution in [0.5, 0.6) is 0 Å². The summed E-state index contributed by atoms with van der Waals surface area (Å²) in [5.74, 6) is -0.834. The fourth-order valence-corrected chi connectivity index (χ4v) is 4.22. The summed E-state index contributed by atoms with van der Waals surface area (Å²) in [6.45, 7) is 4.45. The van der Waals surface area contributed by atoms with Crippen LogP contribution in [0.4, 0.5) is 0 Å². The Morgan fingerprint density at radius 3 is 2.50 bits per heavy atom. The molecule has 1 aliphatic carbocycles. The Hall–Kier alpha value is -1.80. The van der Waals surface area contributed by atoms with Crippen molar-refractivity contribution in [1.29, 1.82) is 10.8 Å². The minimum absolute atomic E-state index is 0.0346. The predicted molar refractivity (Wildman–Crippen MR) is 112 cm³/mol. The summed E-state index contributed by atoms with van der Waals surface area (Å²) >= 11 is 0. The fraction of sp³-hybridized carbons (Fsp3) is 0.800. The van der Waals surface area contributed by atoms with Crippen LogP contribution in [-0.2, 0) is 9.53 Å². The van der Waals surface area contributed by atoms with Gasteiger partial charge in [0, 0.05) is 44.4 Å². The van der Waals surface area contributed by atoms with E-state index in [1.165, 1.54) is 32.1 Å². The molecule has 0 aromatic heterocycles. The van der Waals surface area contributed by atoms with Crippen LogP contribution in [0.25, 0.3) is 0 Å². The standard InChI is InChI=1S/C20H36N6O2/c1-13(21)11-16(20(27)24-14(2)22)19(23)26-10-9-17(18(12-26)28-3)25-15-7-5-4-6-8-15/h15-18,21,23,25H,4-12H2,1-3H3,(H2,22,24,27). The molecule has 0 radical (unpaired) electrons. The molecule has 2 aliphatic rings. The third-order valence-corrected chi connectivity index (χ3v) is 5.68. The number of nitrogens with zero attached hydrogens (tertiary/aromatic N) is 2. The predicted octanol–water partition coefficient (Wildman–Crippen LogP) is 1.92. The van der Waals surface area contributed by atoms with Crippen molar-refractivity contribution in [2.75, 3.05) is 20.2 Å². The normalized spacial score (nSPS) is 25.4. The van der Waals surface area contributed by atoms with Gasteiger partial charge < -0.3 is 26.1 Å². The molecule has 1 saturated carbocycles. The van der Waals surface area contributed by atoms with Crippen molar-refractivity contribution in [1.82, 2.24) is 10.2 Å². The largest absolute Gasteiger partial charge is 0.387 e. The average molecular weight is 393 g/mol. The van der Waals surface area contributed by atoms with E-state index in [0.29, 0.717) is 24.8 Å². The van der Waals surface area contributed by atoms with Crippen molar-refractivity contribution in [3.63, 3.8) is 0 Å². The Morgan fingerprint density at radius 1 is 1.25 bits per heavy atom. The van der Waals surface area contributed by atoms with E-state index in [9.17, 15) is 4.79 Å². The molecular formula is C20H36N6O2. The van der Waals surface area contributed by atoms with E-state index in [2.05, 4.69) is 10.3 Å². The van der Waals surface area contributed by atoms with E-state index in [0.717, 1.165) is 6.42 Å². The average Bonchev–Trinajstić information content (AvgIpc) is 2.66. The van der Waals surface area contributed by atoms with Crippen molar-refractivity contribution in [2.45, 2.75) is 77.0 Å². The number of rotatable bonds is 7. The zero-order chi connectivity index (χ0) is 20.7. The van der Waals surface area contributed by atoms with E-state index in [1.807, 2.05) is 4.90 Å². The second kappa shape index (κ2) is 10.7. The number of hydrogen-bond acceptors (Lipinski definition) is 5. The minimum Gasteiger partial charge on any atom is -0.387 e. The van der Waals surface area contributed by atoms with Gasteiger partial charge in [-0.1, -0.05) is 19.3 Å². The Labute approximate surface area is 168 Å². The number of amidine groups is 2. The molecule has 2 fully saturated rings. The summed E-state index contributed by atoms with van der Waals surface area (Å²) in [5.41, 5.74) is 5.91. The highest BCUT2D eigenvalue weighted by Gasteiger charge is 2.35. The molecule has 0 bridgehead atoms. The van der Waals surface area contributed by atoms with Crippen molar-refractivity contribution in [3.05, 3.63) is 0 Å². The number of piperidine rings is 1. The Kier molecular flexibility index (Phi) is 8.57. The van der Waals surface area contributed by atoms with Crippen LogP contribution in [-0.4, -0.2) is 66.6 Å². The number of amides is 1. The monoisotopic (exact) mass is 392 g/mol. The number of hydrogen-bond donors (Lipinski definition) is 4. The molecule has 2 rings (SSSR count). The number of carbonyl (C=O) groups excluding carboxylic acids is 1. The number of carbonyl (C=O) groups is 1. The van der Waals surface area contributed by atoms with Crippen LogP contribution in [0.15, 0.2) is 4.99 Å². The minimum atomic E-state index is -0.767. The topological polar surface area (TPSA) is 128 Å². The maximum Gasteiger partial charge on any atom is 0.258 e. The maximum atomic E-state index is 12.5. The number of ether oxygens (including phenoxy) is 1. The first-order chi connectivity index (χ1) is 13.3. The Bertz CT molecular complexity index is 596. The van der Waals surface area contributed by atoms with Gasteiger partial charge in [-0.3, -0.25) is 10.2 Å². The van der Waals surface area contributed by atoms with Gasteiger partial charge in [0.1, 0.15) is 11.8 Å². The van der Waals surface area contributed by atoms with Crippen molar-refractivity contribution >= 4 is 23.3 Å². The quantitative estimate of drug-likeness (QED) is 0.389. The van der Waals surface area contributed by atoms with Gasteiger partial charge in [0.15, 0.2) is 0 Å². The van der Waals surface area contributed by atoms with E-state index >= 15 is 0 Å². The van der Waals surface area contributed by atoms with Gasteiger partial charge in [-0.15, -0.1) is 0 Å². The van der Waals surface area contributed by atoms with Gasteiger partial charge in [-0.05, 0) is 33.1 Å². The summed E-state index contributed by atoms with van der Waals surface area (Å²) < 4.78 is 5.74. The van der Waals surface area contributed by atoms with Crippen LogP contribution in [0.2, 0.25) is 0 Å². The number of methoxy groups -OCH3 is 1. The molecule has 28 heavy (non-hydrogen) atoms. The van der Waals surface area contributed by atoms with Crippen molar-refractivity contribution < 1.29 is 9.53 Å². The number of likely N-dealkylation sites (tertiary alicyclic amines) is 1. The van der Waals surface area contributed by atoms with Gasteiger partial charge in [-0.2, -0.15) is 0 Å². The highest BCUT2D eigenvalue weighted by Crippen LogP contribution is 2.23. The molecule has 3 atom stereocenters. The summed E-state index contributed by atoms with van der Waals surface area (Å²) in [6, 6.07) is 0.819.